The van der Waals surface area contributed by atoms with Gasteiger partial charge in [0.15, 0.2) is 5.78 Å². The number of ketones is 1. The Labute approximate surface area is 187 Å². The van der Waals surface area contributed by atoms with Crippen molar-refractivity contribution in [3.05, 3.63) is 72.3 Å². The lowest BCUT2D eigenvalue weighted by Crippen LogP contribution is -2.44. The van der Waals surface area contributed by atoms with E-state index in [9.17, 15) is 4.79 Å². The monoisotopic (exact) mass is 426 g/mol. The van der Waals surface area contributed by atoms with Crippen molar-refractivity contribution in [2.75, 3.05) is 38.1 Å². The number of anilines is 1. The van der Waals surface area contributed by atoms with Crippen LogP contribution in [0, 0.1) is 0 Å². The van der Waals surface area contributed by atoms with Gasteiger partial charge in [0.05, 0.1) is 29.5 Å². The number of rotatable bonds is 5. The first kappa shape index (κ1) is 20.3. The summed E-state index contributed by atoms with van der Waals surface area (Å²) in [6.45, 7) is 4.02. The number of hydrogen-bond donors (Lipinski definition) is 0. The van der Waals surface area contributed by atoms with Gasteiger partial charge in [-0.3, -0.25) is 14.5 Å². The molecule has 0 unspecified atom stereocenters. The number of pyridine rings is 2. The maximum atomic E-state index is 13.0. The predicted octanol–water partition coefficient (Wildman–Crippen LogP) is 3.21. The van der Waals surface area contributed by atoms with E-state index in [0.29, 0.717) is 0 Å². The third kappa shape index (κ3) is 4.24. The Morgan fingerprint density at radius 3 is 2.62 bits per heavy atom. The quantitative estimate of drug-likeness (QED) is 0.457. The molecule has 0 atom stereocenters. The highest BCUT2D eigenvalue weighted by Crippen LogP contribution is 2.22. The molecule has 0 spiro atoms. The van der Waals surface area contributed by atoms with Crippen LogP contribution in [0.4, 0.5) is 5.69 Å². The van der Waals surface area contributed by atoms with Gasteiger partial charge in [-0.15, -0.1) is 0 Å². The van der Waals surface area contributed by atoms with Crippen LogP contribution in [0.3, 0.4) is 0 Å². The minimum absolute atomic E-state index is 0.0660. The van der Waals surface area contributed by atoms with Crippen LogP contribution in [0.15, 0.2) is 61.1 Å². The minimum Gasteiger partial charge on any atom is -0.369 e. The van der Waals surface area contributed by atoms with Gasteiger partial charge in [0.25, 0.3) is 0 Å². The molecule has 0 N–H and O–H groups in total. The molecule has 7 heteroatoms. The van der Waals surface area contributed by atoms with Gasteiger partial charge in [-0.05, 0) is 37.4 Å². The topological polar surface area (TPSA) is 67.2 Å². The Morgan fingerprint density at radius 1 is 1.00 bits per heavy atom. The number of Topliss-reactive ketones (excluding diaryl/α,β-unsaturated/α-hetero) is 1. The van der Waals surface area contributed by atoms with Crippen LogP contribution >= 0.6 is 0 Å². The van der Waals surface area contributed by atoms with Gasteiger partial charge >= 0.3 is 0 Å². The van der Waals surface area contributed by atoms with Crippen molar-refractivity contribution in [2.24, 2.45) is 7.05 Å². The average molecular weight is 427 g/mol. The molecular formula is C25H26N6O. The first-order chi connectivity index (χ1) is 15.5. The molecule has 0 saturated carbocycles. The number of carbonyl (C=O) groups is 1. The lowest BCUT2D eigenvalue weighted by molar-refractivity contribution is 0.0992. The smallest absolute Gasteiger partial charge is 0.168 e. The van der Waals surface area contributed by atoms with Gasteiger partial charge in [-0.1, -0.05) is 12.1 Å². The summed E-state index contributed by atoms with van der Waals surface area (Å²) in [4.78, 5) is 27.0. The molecule has 7 nitrogen and oxygen atoms in total. The standard InChI is InChI=1S/C25H26N6O/c1-29-8-10-31(11-9-29)22-5-3-4-18(12-22)25(32)14-21-13-24-19(15-26-21)6-7-23(28-24)20-16-27-30(2)17-20/h3-7,12-13,15-17H,8-11,14H2,1-2H3. The summed E-state index contributed by atoms with van der Waals surface area (Å²) in [6.07, 6.45) is 5.78. The highest BCUT2D eigenvalue weighted by atomic mass is 16.1. The molecular weight excluding hydrogens is 400 g/mol. The fourth-order valence-electron chi connectivity index (χ4n) is 4.08. The van der Waals surface area contributed by atoms with Crippen molar-refractivity contribution in [3.63, 3.8) is 0 Å². The van der Waals surface area contributed by atoms with Gasteiger partial charge in [-0.25, -0.2) is 4.98 Å². The second-order valence-electron chi connectivity index (χ2n) is 8.41. The average Bonchev–Trinajstić information content (AvgIpc) is 3.25. The van der Waals surface area contributed by atoms with E-state index in [4.69, 9.17) is 4.98 Å². The van der Waals surface area contributed by atoms with E-state index >= 15 is 0 Å². The Balaban J connectivity index is 1.36. The first-order valence-electron chi connectivity index (χ1n) is 10.9. The zero-order valence-electron chi connectivity index (χ0n) is 18.4. The summed E-state index contributed by atoms with van der Waals surface area (Å²) < 4.78 is 1.76. The number of benzene rings is 1. The number of aryl methyl sites for hydroxylation is 1. The Bertz CT molecular complexity index is 1270. The summed E-state index contributed by atoms with van der Waals surface area (Å²) >= 11 is 0. The van der Waals surface area contributed by atoms with E-state index in [-0.39, 0.29) is 12.2 Å². The minimum atomic E-state index is 0.0660. The lowest BCUT2D eigenvalue weighted by Gasteiger charge is -2.34. The summed E-state index contributed by atoms with van der Waals surface area (Å²) in [5.74, 6) is 0.0660. The Morgan fingerprint density at radius 2 is 1.84 bits per heavy atom. The second kappa shape index (κ2) is 8.51. The maximum Gasteiger partial charge on any atom is 0.168 e. The molecule has 0 aliphatic carbocycles. The molecule has 4 heterocycles. The molecule has 1 saturated heterocycles. The summed E-state index contributed by atoms with van der Waals surface area (Å²) in [5.41, 5.74) is 5.20. The van der Waals surface area contributed by atoms with Gasteiger partial charge in [0.1, 0.15) is 0 Å². The maximum absolute atomic E-state index is 13.0. The second-order valence-corrected chi connectivity index (χ2v) is 8.41. The number of likely N-dealkylation sites (N-methyl/N-ethyl adjacent to an activating group) is 1. The van der Waals surface area contributed by atoms with E-state index in [1.807, 2.05) is 49.6 Å². The largest absolute Gasteiger partial charge is 0.369 e. The van der Waals surface area contributed by atoms with Crippen LogP contribution in [-0.4, -0.2) is 63.7 Å². The van der Waals surface area contributed by atoms with Crippen LogP contribution in [-0.2, 0) is 13.5 Å². The third-order valence-corrected chi connectivity index (χ3v) is 6.01. The molecule has 162 valence electrons. The molecule has 4 aromatic rings. The Hall–Kier alpha value is -3.58. The van der Waals surface area contributed by atoms with Gasteiger partial charge in [-0.2, -0.15) is 5.10 Å². The van der Waals surface area contributed by atoms with Crippen LogP contribution in [0.1, 0.15) is 16.1 Å². The van der Waals surface area contributed by atoms with Crippen molar-refractivity contribution >= 4 is 22.4 Å². The summed E-state index contributed by atoms with van der Waals surface area (Å²) in [5, 5.41) is 5.17. The molecule has 1 aliphatic heterocycles. The number of hydrogen-bond acceptors (Lipinski definition) is 6. The molecule has 32 heavy (non-hydrogen) atoms. The Kier molecular flexibility index (Phi) is 5.41. The summed E-state index contributed by atoms with van der Waals surface area (Å²) in [7, 11) is 4.03. The highest BCUT2D eigenvalue weighted by Gasteiger charge is 2.16. The number of fused-ring (bicyclic) bond motifs is 1. The fourth-order valence-corrected chi connectivity index (χ4v) is 4.08. The molecule has 5 rings (SSSR count). The van der Waals surface area contributed by atoms with Gasteiger partial charge in [0, 0.05) is 67.8 Å². The molecule has 3 aromatic heterocycles. The van der Waals surface area contributed by atoms with Crippen LogP contribution in [0.25, 0.3) is 22.2 Å². The number of aromatic nitrogens is 4. The van der Waals surface area contributed by atoms with Crippen molar-refractivity contribution in [1.29, 1.82) is 0 Å². The molecule has 1 aromatic carbocycles. The first-order valence-corrected chi connectivity index (χ1v) is 10.9. The van der Waals surface area contributed by atoms with Crippen LogP contribution < -0.4 is 4.90 Å². The van der Waals surface area contributed by atoms with E-state index in [0.717, 1.165) is 65.3 Å². The van der Waals surface area contributed by atoms with Crippen molar-refractivity contribution in [2.45, 2.75) is 6.42 Å². The highest BCUT2D eigenvalue weighted by molar-refractivity contribution is 5.98. The van der Waals surface area contributed by atoms with Crippen molar-refractivity contribution < 1.29 is 4.79 Å². The molecule has 0 radical (unpaired) electrons. The summed E-state index contributed by atoms with van der Waals surface area (Å²) in [6, 6.07) is 13.8. The van der Waals surface area contributed by atoms with Crippen LogP contribution in [0.2, 0.25) is 0 Å². The van der Waals surface area contributed by atoms with E-state index in [1.165, 1.54) is 0 Å². The van der Waals surface area contributed by atoms with Gasteiger partial charge in [0.2, 0.25) is 0 Å². The third-order valence-electron chi connectivity index (χ3n) is 6.01. The predicted molar refractivity (Wildman–Crippen MR) is 126 cm³/mol. The zero-order chi connectivity index (χ0) is 22.1. The van der Waals surface area contributed by atoms with E-state index in [1.54, 1.807) is 17.1 Å². The van der Waals surface area contributed by atoms with Crippen LogP contribution in [0.5, 0.6) is 0 Å². The number of nitrogens with zero attached hydrogens (tertiary/aromatic N) is 6. The molecule has 1 aliphatic rings. The molecule has 0 amide bonds. The van der Waals surface area contributed by atoms with E-state index in [2.05, 4.69) is 33.0 Å². The zero-order valence-corrected chi connectivity index (χ0v) is 18.4. The lowest BCUT2D eigenvalue weighted by atomic mass is 10.0. The normalized spacial score (nSPS) is 14.8. The number of piperazine rings is 1. The van der Waals surface area contributed by atoms with Crippen molar-refractivity contribution in [3.8, 4) is 11.3 Å². The SMILES string of the molecule is CN1CCN(c2cccc(C(=O)Cc3cc4nc(-c5cnn(C)c5)ccc4cn3)c2)CC1. The number of carbonyl (C=O) groups excluding carboxylic acids is 1. The van der Waals surface area contributed by atoms with E-state index < -0.39 is 0 Å². The molecule has 0 bridgehead atoms. The fraction of sp³-hybridized carbons (Fsp3) is 0.280. The molecule has 1 fully saturated rings. The van der Waals surface area contributed by atoms with Gasteiger partial charge < -0.3 is 9.80 Å². The van der Waals surface area contributed by atoms with Crippen molar-refractivity contribution in [1.82, 2.24) is 24.6 Å².